The van der Waals surface area contributed by atoms with Crippen LogP contribution in [0.25, 0.3) is 0 Å². The zero-order chi connectivity index (χ0) is 19.7. The number of hydrogen-bond donors (Lipinski definition) is 0. The van der Waals surface area contributed by atoms with Gasteiger partial charge in [-0.3, -0.25) is 9.36 Å². The third-order valence-electron chi connectivity index (χ3n) is 5.72. The van der Waals surface area contributed by atoms with E-state index in [1.54, 1.807) is 12.3 Å². The van der Waals surface area contributed by atoms with Crippen LogP contribution in [0.15, 0.2) is 41.5 Å². The average molecular weight is 382 g/mol. The van der Waals surface area contributed by atoms with Gasteiger partial charge in [0.05, 0.1) is 6.54 Å². The normalized spacial score (nSPS) is 19.0. The van der Waals surface area contributed by atoms with E-state index >= 15 is 0 Å². The summed E-state index contributed by atoms with van der Waals surface area (Å²) >= 11 is 0. The van der Waals surface area contributed by atoms with Gasteiger partial charge < -0.3 is 14.5 Å². The molecule has 7 nitrogen and oxygen atoms in total. The maximum absolute atomic E-state index is 13.1. The third-order valence-corrected chi connectivity index (χ3v) is 5.72. The van der Waals surface area contributed by atoms with E-state index in [-0.39, 0.29) is 18.1 Å². The Bertz CT molecular complexity index is 931. The van der Waals surface area contributed by atoms with Gasteiger partial charge in [-0.2, -0.15) is 0 Å². The highest BCUT2D eigenvalue weighted by Gasteiger charge is 2.41. The van der Waals surface area contributed by atoms with Gasteiger partial charge in [-0.05, 0) is 26.1 Å². The van der Waals surface area contributed by atoms with Crippen LogP contribution >= 0.6 is 0 Å². The summed E-state index contributed by atoms with van der Waals surface area (Å²) in [5.41, 5.74) is 1.36. The smallest absolute Gasteiger partial charge is 0.347 e. The number of aryl methyl sites for hydroxylation is 1. The van der Waals surface area contributed by atoms with Gasteiger partial charge in [0.25, 0.3) is 0 Å². The molecule has 0 bridgehead atoms. The quantitative estimate of drug-likeness (QED) is 0.786. The molecule has 28 heavy (non-hydrogen) atoms. The largest absolute Gasteiger partial charge is 0.485 e. The summed E-state index contributed by atoms with van der Waals surface area (Å²) in [7, 11) is 2.11. The molecule has 7 heteroatoms. The lowest BCUT2D eigenvalue weighted by Gasteiger charge is -2.41. The lowest BCUT2D eigenvalue weighted by atomic mass is 9.90. The molecule has 1 aromatic carbocycles. The van der Waals surface area contributed by atoms with Crippen LogP contribution in [0.3, 0.4) is 0 Å². The third kappa shape index (κ3) is 3.80. The molecule has 0 unspecified atom stereocenters. The lowest BCUT2D eigenvalue weighted by molar-refractivity contribution is -0.135. The van der Waals surface area contributed by atoms with Gasteiger partial charge in [-0.25, -0.2) is 9.78 Å². The van der Waals surface area contributed by atoms with Crippen molar-refractivity contribution in [1.29, 1.82) is 0 Å². The van der Waals surface area contributed by atoms with E-state index in [0.29, 0.717) is 13.1 Å². The van der Waals surface area contributed by atoms with Crippen molar-refractivity contribution in [2.45, 2.75) is 38.5 Å². The predicted molar refractivity (Wildman–Crippen MR) is 105 cm³/mol. The molecule has 0 N–H and O–H groups in total. The van der Waals surface area contributed by atoms with Crippen LogP contribution in [0.2, 0.25) is 0 Å². The van der Waals surface area contributed by atoms with Crippen molar-refractivity contribution in [3.8, 4) is 5.75 Å². The molecular weight excluding hydrogens is 356 g/mol. The van der Waals surface area contributed by atoms with Crippen LogP contribution in [-0.2, 0) is 17.9 Å². The van der Waals surface area contributed by atoms with Crippen molar-refractivity contribution >= 4 is 5.91 Å². The minimum atomic E-state index is -0.410. The number of piperidine rings is 1. The van der Waals surface area contributed by atoms with Crippen molar-refractivity contribution in [1.82, 2.24) is 19.4 Å². The molecule has 1 fully saturated rings. The fraction of sp³-hybridized carbons (Fsp3) is 0.476. The Morgan fingerprint density at radius 1 is 1.29 bits per heavy atom. The Hall–Kier alpha value is -2.67. The number of likely N-dealkylation sites (tertiary alicyclic amines) is 1. The second kappa shape index (κ2) is 7.39. The average Bonchev–Trinajstić information content (AvgIpc) is 2.83. The van der Waals surface area contributed by atoms with E-state index in [4.69, 9.17) is 4.74 Å². The Morgan fingerprint density at radius 2 is 2.07 bits per heavy atom. The summed E-state index contributed by atoms with van der Waals surface area (Å²) in [6.07, 6.45) is 4.78. The molecule has 0 radical (unpaired) electrons. The predicted octanol–water partition coefficient (Wildman–Crippen LogP) is 1.44. The second-order valence-corrected chi connectivity index (χ2v) is 7.98. The Balaban J connectivity index is 1.65. The van der Waals surface area contributed by atoms with Crippen LogP contribution in [-0.4, -0.2) is 57.5 Å². The molecule has 148 valence electrons. The summed E-state index contributed by atoms with van der Waals surface area (Å²) < 4.78 is 7.90. The molecule has 0 atom stereocenters. The number of benzene rings is 1. The van der Waals surface area contributed by atoms with Gasteiger partial charge in [0.2, 0.25) is 5.91 Å². The van der Waals surface area contributed by atoms with E-state index in [0.717, 1.165) is 42.8 Å². The first-order valence-corrected chi connectivity index (χ1v) is 9.70. The molecule has 4 rings (SSSR count). The number of carbonyl (C=O) groups excluding carboxylic acids is 1. The molecule has 0 saturated carbocycles. The van der Waals surface area contributed by atoms with E-state index in [1.807, 2.05) is 24.0 Å². The Kier molecular flexibility index (Phi) is 4.93. The van der Waals surface area contributed by atoms with E-state index in [2.05, 4.69) is 23.0 Å². The van der Waals surface area contributed by atoms with Crippen LogP contribution in [0.1, 0.15) is 24.0 Å². The molecule has 1 aromatic heterocycles. The van der Waals surface area contributed by atoms with Crippen LogP contribution < -0.4 is 10.4 Å². The number of nitrogens with zero attached hydrogens (tertiary/aromatic N) is 4. The van der Waals surface area contributed by atoms with Crippen molar-refractivity contribution in [2.24, 2.45) is 0 Å². The molecule has 0 aliphatic carbocycles. The number of hydrogen-bond acceptors (Lipinski definition) is 5. The summed E-state index contributed by atoms with van der Waals surface area (Å²) in [5, 5.41) is 0. The minimum Gasteiger partial charge on any atom is -0.485 e. The zero-order valence-corrected chi connectivity index (χ0v) is 16.4. The minimum absolute atomic E-state index is 0.0101. The van der Waals surface area contributed by atoms with Gasteiger partial charge in [0.1, 0.15) is 17.9 Å². The number of carbonyl (C=O) groups is 1. The molecule has 1 saturated heterocycles. The van der Waals surface area contributed by atoms with Gasteiger partial charge in [-0.1, -0.05) is 17.7 Å². The molecule has 1 spiro atoms. The van der Waals surface area contributed by atoms with Crippen LogP contribution in [0.4, 0.5) is 0 Å². The van der Waals surface area contributed by atoms with Crippen LogP contribution in [0.5, 0.6) is 5.75 Å². The first-order valence-electron chi connectivity index (χ1n) is 9.70. The van der Waals surface area contributed by atoms with Gasteiger partial charge in [0.15, 0.2) is 0 Å². The zero-order valence-electron chi connectivity index (χ0n) is 16.4. The van der Waals surface area contributed by atoms with Crippen molar-refractivity contribution in [3.63, 3.8) is 0 Å². The Labute approximate surface area is 164 Å². The number of amides is 1. The molecule has 2 aliphatic heterocycles. The molecule has 1 amide bonds. The van der Waals surface area contributed by atoms with Crippen molar-refractivity contribution in [3.05, 3.63) is 58.3 Å². The highest BCUT2D eigenvalue weighted by atomic mass is 16.5. The number of aromatic nitrogens is 2. The fourth-order valence-corrected chi connectivity index (χ4v) is 4.02. The summed E-state index contributed by atoms with van der Waals surface area (Å²) in [6.45, 7) is 4.92. The highest BCUT2D eigenvalue weighted by molar-refractivity contribution is 5.76. The maximum Gasteiger partial charge on any atom is 0.347 e. The molecular formula is C21H26N4O3. The molecule has 2 aliphatic rings. The second-order valence-electron chi connectivity index (χ2n) is 7.98. The topological polar surface area (TPSA) is 67.7 Å². The lowest BCUT2D eigenvalue weighted by Crippen LogP contribution is -2.54. The van der Waals surface area contributed by atoms with E-state index < -0.39 is 5.69 Å². The van der Waals surface area contributed by atoms with Crippen LogP contribution in [0, 0.1) is 6.92 Å². The van der Waals surface area contributed by atoms with E-state index in [9.17, 15) is 9.59 Å². The van der Waals surface area contributed by atoms with Crippen molar-refractivity contribution in [2.75, 3.05) is 26.7 Å². The van der Waals surface area contributed by atoms with Gasteiger partial charge in [0, 0.05) is 50.4 Å². The molecule has 3 heterocycles. The first kappa shape index (κ1) is 18.7. The highest BCUT2D eigenvalue weighted by Crippen LogP contribution is 2.35. The van der Waals surface area contributed by atoms with Gasteiger partial charge >= 0.3 is 5.69 Å². The monoisotopic (exact) mass is 382 g/mol. The first-order chi connectivity index (χ1) is 13.4. The summed E-state index contributed by atoms with van der Waals surface area (Å²) in [4.78, 5) is 32.9. The number of rotatable bonds is 2. The maximum atomic E-state index is 13.1. The summed E-state index contributed by atoms with van der Waals surface area (Å²) in [6, 6.07) is 7.82. The summed E-state index contributed by atoms with van der Waals surface area (Å²) in [5.74, 6) is 0.773. The van der Waals surface area contributed by atoms with E-state index in [1.165, 1.54) is 10.8 Å². The molecule has 2 aromatic rings. The SMILES string of the molecule is Cc1ccc2c(c1)CN(C(=O)Cn1cccnc1=O)CC1(CCN(C)CC1)O2. The number of ether oxygens (including phenoxy) is 1. The van der Waals surface area contributed by atoms with Gasteiger partial charge in [-0.15, -0.1) is 0 Å². The number of fused-ring (bicyclic) bond motifs is 1. The fourth-order valence-electron chi connectivity index (χ4n) is 4.02. The standard InChI is InChI=1S/C21H26N4O3/c1-16-4-5-18-17(12-16)13-25(15-21(28-18)6-10-23(2)11-7-21)19(26)14-24-9-3-8-22-20(24)27/h3-5,8-9,12H,6-7,10-11,13-15H2,1-2H3. The Morgan fingerprint density at radius 3 is 2.82 bits per heavy atom. The van der Waals surface area contributed by atoms with Crippen molar-refractivity contribution < 1.29 is 9.53 Å².